The quantitative estimate of drug-likeness (QED) is 0.798. The van der Waals surface area contributed by atoms with Gasteiger partial charge in [-0.3, -0.25) is 19.9 Å². The summed E-state index contributed by atoms with van der Waals surface area (Å²) in [5.74, 6) is 1.21. The summed E-state index contributed by atoms with van der Waals surface area (Å²) in [6.45, 7) is 0.944. The van der Waals surface area contributed by atoms with E-state index in [1.807, 2.05) is 11.4 Å². The van der Waals surface area contributed by atoms with Gasteiger partial charge in [-0.05, 0) is 42.7 Å². The van der Waals surface area contributed by atoms with Crippen LogP contribution in [0.3, 0.4) is 0 Å². The highest BCUT2D eigenvalue weighted by Gasteiger charge is 2.25. The normalized spacial score (nSPS) is 18.9. The first kappa shape index (κ1) is 15.3. The molecule has 6 nitrogen and oxygen atoms in total. The number of nitrogens with zero attached hydrogens (tertiary/aromatic N) is 2. The summed E-state index contributed by atoms with van der Waals surface area (Å²) < 4.78 is 0. The molecule has 1 aliphatic carbocycles. The van der Waals surface area contributed by atoms with E-state index in [1.54, 1.807) is 18.5 Å². The highest BCUT2D eigenvalue weighted by molar-refractivity contribution is 8.18. The van der Waals surface area contributed by atoms with E-state index in [4.69, 9.17) is 0 Å². The van der Waals surface area contributed by atoms with Gasteiger partial charge in [-0.1, -0.05) is 0 Å². The minimum Gasteiger partial charge on any atom is -0.368 e. The van der Waals surface area contributed by atoms with E-state index in [2.05, 4.69) is 20.6 Å². The van der Waals surface area contributed by atoms with Crippen LogP contribution in [-0.2, 0) is 4.79 Å². The summed E-state index contributed by atoms with van der Waals surface area (Å²) in [6, 6.07) is 1.95. The molecule has 8 heteroatoms. The standard InChI is InChI=1S/C16H14N4O2S2/c21-15-13(24-16(22)20-15)4-11-3-10(8-23-11)12-6-17-7-14(19-12)18-5-9-1-2-9/h3-4,6-9H,1-2,5H2,(H,18,19)(H,20,21,22)/b13-4-. The average Bonchev–Trinajstić information content (AvgIpc) is 3.20. The van der Waals surface area contributed by atoms with Crippen LogP contribution >= 0.6 is 23.1 Å². The van der Waals surface area contributed by atoms with Crippen LogP contribution in [0.15, 0.2) is 28.7 Å². The number of hydrogen-bond acceptors (Lipinski definition) is 7. The summed E-state index contributed by atoms with van der Waals surface area (Å²) in [5.41, 5.74) is 1.74. The Labute approximate surface area is 146 Å². The third-order valence-corrected chi connectivity index (χ3v) is 5.42. The molecule has 4 rings (SSSR count). The van der Waals surface area contributed by atoms with E-state index in [1.165, 1.54) is 24.2 Å². The molecule has 0 aromatic carbocycles. The number of anilines is 1. The lowest BCUT2D eigenvalue weighted by atomic mass is 10.2. The van der Waals surface area contributed by atoms with Gasteiger partial charge in [0.25, 0.3) is 11.1 Å². The first-order chi connectivity index (χ1) is 11.7. The SMILES string of the molecule is O=C1NC(=O)/C(=C/c2cc(-c3cncc(NCC4CC4)n3)cs2)S1. The number of carbonyl (C=O) groups excluding carboxylic acids is 2. The summed E-state index contributed by atoms with van der Waals surface area (Å²) in [7, 11) is 0. The zero-order valence-electron chi connectivity index (χ0n) is 12.6. The molecule has 0 radical (unpaired) electrons. The second-order valence-electron chi connectivity index (χ2n) is 5.70. The molecule has 2 aromatic rings. The van der Waals surface area contributed by atoms with Crippen molar-refractivity contribution in [3.8, 4) is 11.3 Å². The van der Waals surface area contributed by atoms with E-state index in [0.29, 0.717) is 4.91 Å². The zero-order chi connectivity index (χ0) is 16.5. The summed E-state index contributed by atoms with van der Waals surface area (Å²) >= 11 is 2.42. The third kappa shape index (κ3) is 3.49. The van der Waals surface area contributed by atoms with Crippen LogP contribution in [0.4, 0.5) is 10.6 Å². The highest BCUT2D eigenvalue weighted by atomic mass is 32.2. The van der Waals surface area contributed by atoms with Gasteiger partial charge < -0.3 is 5.32 Å². The lowest BCUT2D eigenvalue weighted by molar-refractivity contribution is -0.115. The Morgan fingerprint density at radius 1 is 1.33 bits per heavy atom. The summed E-state index contributed by atoms with van der Waals surface area (Å²) in [6.07, 6.45) is 7.75. The largest absolute Gasteiger partial charge is 0.368 e. The van der Waals surface area contributed by atoms with Crippen molar-refractivity contribution in [2.24, 2.45) is 5.92 Å². The molecule has 1 saturated carbocycles. The van der Waals surface area contributed by atoms with Crippen LogP contribution < -0.4 is 10.6 Å². The van der Waals surface area contributed by atoms with E-state index in [9.17, 15) is 9.59 Å². The maximum absolute atomic E-state index is 11.6. The molecule has 0 unspecified atom stereocenters. The molecule has 24 heavy (non-hydrogen) atoms. The smallest absolute Gasteiger partial charge is 0.290 e. The van der Waals surface area contributed by atoms with E-state index in [-0.39, 0.29) is 11.1 Å². The Kier molecular flexibility index (Phi) is 4.07. The molecule has 1 aliphatic heterocycles. The number of thioether (sulfide) groups is 1. The molecular formula is C16H14N4O2S2. The molecule has 1 saturated heterocycles. The fraction of sp³-hybridized carbons (Fsp3) is 0.250. The van der Waals surface area contributed by atoms with Gasteiger partial charge in [0, 0.05) is 22.4 Å². The van der Waals surface area contributed by atoms with Crippen molar-refractivity contribution in [2.45, 2.75) is 12.8 Å². The van der Waals surface area contributed by atoms with Gasteiger partial charge in [-0.15, -0.1) is 11.3 Å². The molecule has 2 amide bonds. The second kappa shape index (κ2) is 6.37. The molecule has 3 heterocycles. The van der Waals surface area contributed by atoms with Gasteiger partial charge in [-0.2, -0.15) is 0 Å². The Hall–Kier alpha value is -2.19. The Morgan fingerprint density at radius 2 is 2.21 bits per heavy atom. The fourth-order valence-corrected chi connectivity index (χ4v) is 3.85. The highest BCUT2D eigenvalue weighted by Crippen LogP contribution is 2.31. The van der Waals surface area contributed by atoms with Gasteiger partial charge in [0.05, 0.1) is 23.0 Å². The number of thiophene rings is 1. The van der Waals surface area contributed by atoms with Crippen molar-refractivity contribution in [2.75, 3.05) is 11.9 Å². The number of imide groups is 1. The van der Waals surface area contributed by atoms with Crippen molar-refractivity contribution in [3.63, 3.8) is 0 Å². The van der Waals surface area contributed by atoms with Crippen LogP contribution in [0.5, 0.6) is 0 Å². The molecule has 2 fully saturated rings. The van der Waals surface area contributed by atoms with Crippen LogP contribution in [0.1, 0.15) is 17.7 Å². The molecule has 2 aliphatic rings. The molecule has 0 spiro atoms. The Morgan fingerprint density at radius 3 is 2.96 bits per heavy atom. The molecule has 0 atom stereocenters. The average molecular weight is 358 g/mol. The zero-order valence-corrected chi connectivity index (χ0v) is 14.2. The second-order valence-corrected chi connectivity index (χ2v) is 7.66. The first-order valence-electron chi connectivity index (χ1n) is 7.57. The number of nitrogens with one attached hydrogen (secondary N) is 2. The number of aromatic nitrogens is 2. The maximum Gasteiger partial charge on any atom is 0.290 e. The van der Waals surface area contributed by atoms with Gasteiger partial charge >= 0.3 is 0 Å². The van der Waals surface area contributed by atoms with E-state index < -0.39 is 0 Å². The molecule has 122 valence electrons. The molecule has 0 bridgehead atoms. The van der Waals surface area contributed by atoms with Crippen molar-refractivity contribution in [1.29, 1.82) is 0 Å². The fourth-order valence-electron chi connectivity index (χ4n) is 2.27. The minimum absolute atomic E-state index is 0.330. The number of hydrogen-bond donors (Lipinski definition) is 2. The lowest BCUT2D eigenvalue weighted by Gasteiger charge is -2.05. The Bertz CT molecular complexity index is 842. The number of rotatable bonds is 5. The van der Waals surface area contributed by atoms with Gasteiger partial charge in [-0.25, -0.2) is 4.98 Å². The Balaban J connectivity index is 1.52. The summed E-state index contributed by atoms with van der Waals surface area (Å²) in [4.78, 5) is 32.9. The van der Waals surface area contributed by atoms with Crippen LogP contribution in [0, 0.1) is 5.92 Å². The van der Waals surface area contributed by atoms with E-state index >= 15 is 0 Å². The van der Waals surface area contributed by atoms with Gasteiger partial charge in [0.2, 0.25) is 0 Å². The topological polar surface area (TPSA) is 84.0 Å². The van der Waals surface area contributed by atoms with E-state index in [0.717, 1.165) is 46.2 Å². The van der Waals surface area contributed by atoms with Crippen molar-refractivity contribution >= 4 is 46.1 Å². The number of amides is 2. The number of carbonyl (C=O) groups is 2. The van der Waals surface area contributed by atoms with Crippen LogP contribution in [0.2, 0.25) is 0 Å². The molecule has 2 N–H and O–H groups in total. The van der Waals surface area contributed by atoms with Crippen LogP contribution in [-0.4, -0.2) is 27.7 Å². The summed E-state index contributed by atoms with van der Waals surface area (Å²) in [5, 5.41) is 7.21. The van der Waals surface area contributed by atoms with Gasteiger partial charge in [0.15, 0.2) is 0 Å². The first-order valence-corrected chi connectivity index (χ1v) is 9.27. The van der Waals surface area contributed by atoms with Gasteiger partial charge in [0.1, 0.15) is 5.82 Å². The van der Waals surface area contributed by atoms with Crippen molar-refractivity contribution in [1.82, 2.24) is 15.3 Å². The predicted octanol–water partition coefficient (Wildman–Crippen LogP) is 3.35. The minimum atomic E-state index is -0.342. The maximum atomic E-state index is 11.6. The molecule has 2 aromatic heterocycles. The lowest BCUT2D eigenvalue weighted by Crippen LogP contribution is -2.17. The van der Waals surface area contributed by atoms with Crippen LogP contribution in [0.25, 0.3) is 17.3 Å². The third-order valence-electron chi connectivity index (χ3n) is 3.73. The predicted molar refractivity (Wildman–Crippen MR) is 95.7 cm³/mol. The van der Waals surface area contributed by atoms with Crippen molar-refractivity contribution in [3.05, 3.63) is 33.6 Å². The molecular weight excluding hydrogens is 344 g/mol. The van der Waals surface area contributed by atoms with Crippen molar-refractivity contribution < 1.29 is 9.59 Å². The monoisotopic (exact) mass is 358 g/mol.